The predicted octanol–water partition coefficient (Wildman–Crippen LogP) is 1.19. The van der Waals surface area contributed by atoms with Gasteiger partial charge in [-0.25, -0.2) is 8.42 Å². The molecular formula is C12H16N2O4S. The number of nitrogens with one attached hydrogen (secondary N) is 1. The van der Waals surface area contributed by atoms with Gasteiger partial charge in [0.2, 0.25) is 15.9 Å². The molecule has 0 atom stereocenters. The van der Waals surface area contributed by atoms with E-state index in [1.54, 1.807) is 32.2 Å². The Balaban J connectivity index is 2.37. The van der Waals surface area contributed by atoms with Crippen LogP contribution in [0.4, 0.5) is 11.4 Å². The average molecular weight is 284 g/mol. The summed E-state index contributed by atoms with van der Waals surface area (Å²) in [5.41, 5.74) is 0.990. The number of ether oxygens (including phenoxy) is 1. The molecule has 1 amide bonds. The normalized spacial score (nSPS) is 15.5. The lowest BCUT2D eigenvalue weighted by atomic mass is 10.2. The van der Waals surface area contributed by atoms with E-state index in [4.69, 9.17) is 4.74 Å². The van der Waals surface area contributed by atoms with Crippen molar-refractivity contribution in [3.05, 3.63) is 18.2 Å². The monoisotopic (exact) mass is 284 g/mol. The van der Waals surface area contributed by atoms with Crippen molar-refractivity contribution in [3.8, 4) is 5.75 Å². The molecule has 0 spiro atoms. The number of sulfonamides is 1. The zero-order valence-corrected chi connectivity index (χ0v) is 11.7. The van der Waals surface area contributed by atoms with Crippen molar-refractivity contribution in [2.45, 2.75) is 13.3 Å². The van der Waals surface area contributed by atoms with E-state index >= 15 is 0 Å². The van der Waals surface area contributed by atoms with Gasteiger partial charge in [-0.1, -0.05) is 0 Å². The van der Waals surface area contributed by atoms with Gasteiger partial charge >= 0.3 is 0 Å². The lowest BCUT2D eigenvalue weighted by Gasteiger charge is -2.17. The number of hydrogen-bond acceptors (Lipinski definition) is 4. The number of carbonyl (C=O) groups excluding carboxylic acids is 1. The fraction of sp³-hybridized carbons (Fsp3) is 0.417. The second kappa shape index (κ2) is 5.08. The maximum Gasteiger partial charge on any atom is 0.232 e. The first-order valence-electron chi connectivity index (χ1n) is 5.97. The first kappa shape index (κ1) is 13.7. The molecule has 0 saturated carbocycles. The molecule has 19 heavy (non-hydrogen) atoms. The minimum absolute atomic E-state index is 0.00461. The molecular weight excluding hydrogens is 268 g/mol. The zero-order chi connectivity index (χ0) is 14.0. The van der Waals surface area contributed by atoms with Gasteiger partial charge in [-0.05, 0) is 25.1 Å². The van der Waals surface area contributed by atoms with Crippen molar-refractivity contribution < 1.29 is 17.9 Å². The summed E-state index contributed by atoms with van der Waals surface area (Å²) < 4.78 is 31.0. The molecule has 0 unspecified atom stereocenters. The molecule has 7 heteroatoms. The van der Waals surface area contributed by atoms with Crippen molar-refractivity contribution >= 4 is 27.3 Å². The summed E-state index contributed by atoms with van der Waals surface area (Å²) in [6.45, 7) is 1.89. The lowest BCUT2D eigenvalue weighted by Crippen LogP contribution is -2.25. The Labute approximate surface area is 112 Å². The van der Waals surface area contributed by atoms with Gasteiger partial charge in [0.1, 0.15) is 5.75 Å². The third-order valence-electron chi connectivity index (χ3n) is 2.92. The molecule has 1 aromatic carbocycles. The summed E-state index contributed by atoms with van der Waals surface area (Å²) in [7, 11) is -1.69. The molecule has 0 fully saturated rings. The SMILES string of the molecule is CCS(=O)(=O)Nc1ccc2c(c1)N(C)C(=O)CCO2. The van der Waals surface area contributed by atoms with Gasteiger partial charge in [-0.3, -0.25) is 9.52 Å². The Morgan fingerprint density at radius 2 is 2.16 bits per heavy atom. The number of anilines is 2. The second-order valence-electron chi connectivity index (χ2n) is 4.24. The number of carbonyl (C=O) groups is 1. The minimum atomic E-state index is -3.33. The van der Waals surface area contributed by atoms with Crippen molar-refractivity contribution in [3.63, 3.8) is 0 Å². The number of nitrogens with zero attached hydrogens (tertiary/aromatic N) is 1. The van der Waals surface area contributed by atoms with Crippen LogP contribution in [0, 0.1) is 0 Å². The number of benzene rings is 1. The van der Waals surface area contributed by atoms with Gasteiger partial charge in [0.05, 0.1) is 30.2 Å². The van der Waals surface area contributed by atoms with Crippen LogP contribution in [0.25, 0.3) is 0 Å². The molecule has 1 aromatic rings. The van der Waals surface area contributed by atoms with Gasteiger partial charge in [-0.2, -0.15) is 0 Å². The highest BCUT2D eigenvalue weighted by Gasteiger charge is 2.20. The highest BCUT2D eigenvalue weighted by atomic mass is 32.2. The van der Waals surface area contributed by atoms with Crippen LogP contribution >= 0.6 is 0 Å². The minimum Gasteiger partial charge on any atom is -0.491 e. The second-order valence-corrected chi connectivity index (χ2v) is 6.25. The van der Waals surface area contributed by atoms with Crippen molar-refractivity contribution in [2.75, 3.05) is 29.0 Å². The fourth-order valence-electron chi connectivity index (χ4n) is 1.77. The summed E-state index contributed by atoms with van der Waals surface area (Å²) in [6.07, 6.45) is 0.307. The Morgan fingerprint density at radius 1 is 1.42 bits per heavy atom. The first-order valence-corrected chi connectivity index (χ1v) is 7.62. The van der Waals surface area contributed by atoms with E-state index in [0.717, 1.165) is 0 Å². The van der Waals surface area contributed by atoms with E-state index in [-0.39, 0.29) is 11.7 Å². The standard InChI is InChI=1S/C12H16N2O4S/c1-3-19(16,17)13-9-4-5-11-10(8-9)14(2)12(15)6-7-18-11/h4-5,8,13H,3,6-7H2,1-2H3. The highest BCUT2D eigenvalue weighted by Crippen LogP contribution is 2.33. The molecule has 1 aliphatic heterocycles. The summed E-state index contributed by atoms with van der Waals surface area (Å²) in [4.78, 5) is 13.2. The maximum atomic E-state index is 11.7. The van der Waals surface area contributed by atoms with Crippen LogP contribution < -0.4 is 14.4 Å². The van der Waals surface area contributed by atoms with E-state index in [2.05, 4.69) is 4.72 Å². The summed E-state index contributed by atoms with van der Waals surface area (Å²) >= 11 is 0. The smallest absolute Gasteiger partial charge is 0.232 e. The third-order valence-corrected chi connectivity index (χ3v) is 4.23. The number of hydrogen-bond donors (Lipinski definition) is 1. The fourth-order valence-corrected chi connectivity index (χ4v) is 2.40. The number of amides is 1. The van der Waals surface area contributed by atoms with Crippen LogP contribution in [-0.2, 0) is 14.8 Å². The summed E-state index contributed by atoms with van der Waals surface area (Å²) in [5, 5.41) is 0. The van der Waals surface area contributed by atoms with Crippen LogP contribution in [0.1, 0.15) is 13.3 Å². The molecule has 6 nitrogen and oxygen atoms in total. The molecule has 0 radical (unpaired) electrons. The molecule has 1 N–H and O–H groups in total. The molecule has 0 aliphatic carbocycles. The van der Waals surface area contributed by atoms with Gasteiger partial charge in [0, 0.05) is 7.05 Å². The third kappa shape index (κ3) is 2.98. The van der Waals surface area contributed by atoms with E-state index in [1.807, 2.05) is 0 Å². The largest absolute Gasteiger partial charge is 0.491 e. The highest BCUT2D eigenvalue weighted by molar-refractivity contribution is 7.92. The molecule has 1 aliphatic rings. The molecule has 2 rings (SSSR count). The Morgan fingerprint density at radius 3 is 2.84 bits per heavy atom. The topological polar surface area (TPSA) is 75.7 Å². The van der Waals surface area contributed by atoms with E-state index in [9.17, 15) is 13.2 Å². The van der Waals surface area contributed by atoms with E-state index < -0.39 is 10.0 Å². The number of fused-ring (bicyclic) bond motifs is 1. The van der Waals surface area contributed by atoms with Crippen LogP contribution in [0.5, 0.6) is 5.75 Å². The number of rotatable bonds is 3. The van der Waals surface area contributed by atoms with Crippen molar-refractivity contribution in [2.24, 2.45) is 0 Å². The zero-order valence-electron chi connectivity index (χ0n) is 10.8. The summed E-state index contributed by atoms with van der Waals surface area (Å²) in [5.74, 6) is 0.511. The van der Waals surface area contributed by atoms with Crippen LogP contribution in [0.2, 0.25) is 0 Å². The van der Waals surface area contributed by atoms with Crippen LogP contribution in [-0.4, -0.2) is 33.7 Å². The predicted molar refractivity (Wildman–Crippen MR) is 73.0 cm³/mol. The van der Waals surface area contributed by atoms with E-state index in [1.165, 1.54) is 4.90 Å². The maximum absolute atomic E-state index is 11.7. The average Bonchev–Trinajstić information content (AvgIpc) is 2.51. The van der Waals surface area contributed by atoms with Gasteiger partial charge in [0.25, 0.3) is 0 Å². The van der Waals surface area contributed by atoms with Crippen molar-refractivity contribution in [1.29, 1.82) is 0 Å². The van der Waals surface area contributed by atoms with Gasteiger partial charge < -0.3 is 9.64 Å². The Bertz CT molecular complexity index is 598. The molecule has 104 valence electrons. The van der Waals surface area contributed by atoms with Gasteiger partial charge in [-0.15, -0.1) is 0 Å². The quantitative estimate of drug-likeness (QED) is 0.904. The van der Waals surface area contributed by atoms with Crippen molar-refractivity contribution in [1.82, 2.24) is 0 Å². The Kier molecular flexibility index (Phi) is 3.66. The molecule has 0 saturated heterocycles. The van der Waals surface area contributed by atoms with E-state index in [0.29, 0.717) is 30.2 Å². The first-order chi connectivity index (χ1) is 8.93. The molecule has 1 heterocycles. The van der Waals surface area contributed by atoms with Crippen LogP contribution in [0.15, 0.2) is 18.2 Å². The van der Waals surface area contributed by atoms with Crippen LogP contribution in [0.3, 0.4) is 0 Å². The summed E-state index contributed by atoms with van der Waals surface area (Å²) in [6, 6.07) is 4.89. The lowest BCUT2D eigenvalue weighted by molar-refractivity contribution is -0.118. The van der Waals surface area contributed by atoms with Gasteiger partial charge in [0.15, 0.2) is 0 Å². The molecule has 0 bridgehead atoms. The Hall–Kier alpha value is -1.76. The molecule has 0 aromatic heterocycles.